The van der Waals surface area contributed by atoms with Crippen LogP contribution in [-0.4, -0.2) is 54.9 Å². The van der Waals surface area contributed by atoms with Crippen molar-refractivity contribution in [3.05, 3.63) is 70.8 Å². The number of unbranched alkanes of at least 4 members (excludes halogenated alkanes) is 5. The number of hydrogen-bond acceptors (Lipinski definition) is 7. The van der Waals surface area contributed by atoms with Gasteiger partial charge in [-0.1, -0.05) is 69.4 Å². The van der Waals surface area contributed by atoms with Crippen LogP contribution in [0.3, 0.4) is 0 Å². The maximum atomic E-state index is 10.7. The Hall–Kier alpha value is -3.84. The highest BCUT2D eigenvalue weighted by Gasteiger charge is 2.20. The zero-order valence-electron chi connectivity index (χ0n) is 20.4. The summed E-state index contributed by atoms with van der Waals surface area (Å²) >= 11 is 0. The molecule has 37 heavy (non-hydrogen) atoms. The number of nitrogens with zero attached hydrogens (tertiary/aromatic N) is 4. The lowest BCUT2D eigenvalue weighted by Gasteiger charge is -2.03. The number of benzene rings is 2. The van der Waals surface area contributed by atoms with Crippen molar-refractivity contribution in [3.8, 4) is 0 Å². The molecule has 0 fully saturated rings. The number of carboxylic acid groups (broad SMARTS) is 2. The maximum absolute atomic E-state index is 10.7. The first-order chi connectivity index (χ1) is 17.5. The van der Waals surface area contributed by atoms with E-state index in [9.17, 15) is 18.0 Å². The van der Waals surface area contributed by atoms with Gasteiger partial charge in [-0.3, -0.25) is 9.96 Å². The van der Waals surface area contributed by atoms with E-state index in [1.54, 1.807) is 9.36 Å². The fourth-order valence-electron chi connectivity index (χ4n) is 3.42. The van der Waals surface area contributed by atoms with Crippen molar-refractivity contribution in [3.63, 3.8) is 0 Å². The molecule has 1 heterocycles. The third-order valence-electron chi connectivity index (χ3n) is 5.39. The van der Waals surface area contributed by atoms with Crippen LogP contribution in [0.4, 0.5) is 0 Å². The largest absolute Gasteiger partial charge is 0.478 e. The third kappa shape index (κ3) is 9.28. The Kier molecular flexibility index (Phi) is 11.2. The Morgan fingerprint density at radius 2 is 1.46 bits per heavy atom. The molecule has 0 aliphatic carbocycles. The summed E-state index contributed by atoms with van der Waals surface area (Å²) in [5.41, 5.74) is 0.262. The van der Waals surface area contributed by atoms with Crippen LogP contribution in [0.5, 0.6) is 0 Å². The van der Waals surface area contributed by atoms with Crippen LogP contribution >= 0.6 is 0 Å². The van der Waals surface area contributed by atoms with Gasteiger partial charge >= 0.3 is 11.9 Å². The van der Waals surface area contributed by atoms with Gasteiger partial charge in [-0.2, -0.15) is 8.42 Å². The molecule has 1 aromatic heterocycles. The lowest BCUT2D eigenvalue weighted by Crippen LogP contribution is -2.26. The van der Waals surface area contributed by atoms with E-state index in [1.165, 1.54) is 32.1 Å². The molecule has 0 aliphatic heterocycles. The predicted octanol–water partition coefficient (Wildman–Crippen LogP) is 3.30. The van der Waals surface area contributed by atoms with Crippen molar-refractivity contribution < 1.29 is 32.8 Å². The average Bonchev–Trinajstić information content (AvgIpc) is 3.20. The van der Waals surface area contributed by atoms with Crippen molar-refractivity contribution in [2.75, 3.05) is 0 Å². The molecule has 0 unspecified atom stereocenters. The zero-order valence-corrected chi connectivity index (χ0v) is 21.3. The highest BCUT2D eigenvalue weighted by Crippen LogP contribution is 2.16. The first-order valence-corrected chi connectivity index (χ1v) is 13.2. The number of carboxylic acids is 2. The van der Waals surface area contributed by atoms with Gasteiger partial charge in [0.2, 0.25) is 5.62 Å². The molecule has 3 aromatic rings. The Balaban J connectivity index is 0.000000271. The van der Waals surface area contributed by atoms with E-state index in [0.717, 1.165) is 30.7 Å². The van der Waals surface area contributed by atoms with Crippen LogP contribution in [0.15, 0.2) is 53.4 Å². The van der Waals surface area contributed by atoms with Crippen molar-refractivity contribution >= 4 is 22.1 Å². The molecule has 0 radical (unpaired) electrons. The number of hydrogen-bond donors (Lipinski definition) is 4. The van der Waals surface area contributed by atoms with Crippen LogP contribution in [0.25, 0.3) is 0 Å². The second-order valence-corrected chi connectivity index (χ2v) is 9.65. The molecule has 0 bridgehead atoms. The molecule has 4 N–H and O–H groups in total. The Morgan fingerprint density at radius 1 is 0.865 bits per heavy atom. The van der Waals surface area contributed by atoms with E-state index in [1.807, 2.05) is 30.3 Å². The summed E-state index contributed by atoms with van der Waals surface area (Å²) < 4.78 is 33.4. The predicted molar refractivity (Wildman–Crippen MR) is 133 cm³/mol. The molecule has 0 atom stereocenters. The van der Waals surface area contributed by atoms with Crippen LogP contribution in [0, 0.1) is 5.41 Å². The summed E-state index contributed by atoms with van der Waals surface area (Å²) in [5, 5.41) is 33.6. The average molecular weight is 534 g/mol. The summed E-state index contributed by atoms with van der Waals surface area (Å²) in [7, 11) is -4.56. The zero-order chi connectivity index (χ0) is 27.4. The summed E-state index contributed by atoms with van der Waals surface area (Å²) in [6, 6.07) is 12.3. The van der Waals surface area contributed by atoms with Crippen molar-refractivity contribution in [1.82, 2.24) is 19.8 Å². The first kappa shape index (κ1) is 29.4. The summed E-state index contributed by atoms with van der Waals surface area (Å²) in [6.45, 7) is 3.63. The number of rotatable bonds is 12. The number of aryl methyl sites for hydroxylation is 1. The van der Waals surface area contributed by atoms with Gasteiger partial charge in [-0.25, -0.2) is 19.0 Å². The second-order valence-electron chi connectivity index (χ2n) is 8.23. The minimum Gasteiger partial charge on any atom is -0.478 e. The van der Waals surface area contributed by atoms with Crippen LogP contribution in [0.1, 0.15) is 71.7 Å². The van der Waals surface area contributed by atoms with Gasteiger partial charge in [0.15, 0.2) is 0 Å². The molecular weight excluding hydrogens is 502 g/mol. The van der Waals surface area contributed by atoms with E-state index in [4.69, 9.17) is 20.2 Å². The third-order valence-corrected chi connectivity index (χ3v) is 6.24. The van der Waals surface area contributed by atoms with Gasteiger partial charge in [0.25, 0.3) is 10.1 Å². The number of aromatic nitrogens is 4. The number of carbonyl (C=O) groups is 2. The van der Waals surface area contributed by atoms with Gasteiger partial charge in [0.05, 0.1) is 22.6 Å². The number of tetrazole rings is 1. The highest BCUT2D eigenvalue weighted by molar-refractivity contribution is 7.85. The lowest BCUT2D eigenvalue weighted by atomic mass is 10.1. The molecule has 12 nitrogen and oxygen atoms in total. The minimum absolute atomic E-state index is 0.382. The minimum atomic E-state index is -4.56. The molecule has 2 aromatic carbocycles. The monoisotopic (exact) mass is 533 g/mol. The topological polar surface area (TPSA) is 188 Å². The van der Waals surface area contributed by atoms with Crippen molar-refractivity contribution in [2.45, 2.75) is 63.4 Å². The first-order valence-electron chi connectivity index (χ1n) is 11.7. The standard InChI is InChI=1S/C16H25N5.C8H6O7S/c1-2-3-4-5-6-10-13-20-16(17)21(19-18-20)14-15-11-8-7-9-12-15;9-7(10)5-2-1-4(16(13,14)15)3-6(5)8(11)12/h7-9,11-12,17H,2-6,10,13-14H2,1H3;1-3H,(H,9,10)(H,11,12)(H,13,14,15). The van der Waals surface area contributed by atoms with E-state index in [0.29, 0.717) is 18.2 Å². The van der Waals surface area contributed by atoms with Crippen LogP contribution < -0.4 is 5.62 Å². The normalized spacial score (nSPS) is 11.0. The van der Waals surface area contributed by atoms with Crippen molar-refractivity contribution in [2.24, 2.45) is 0 Å². The van der Waals surface area contributed by atoms with E-state index < -0.39 is 38.1 Å². The molecule has 0 amide bonds. The molecule has 200 valence electrons. The van der Waals surface area contributed by atoms with Gasteiger partial charge < -0.3 is 10.2 Å². The summed E-state index contributed by atoms with van der Waals surface area (Å²) in [4.78, 5) is 20.6. The summed E-state index contributed by atoms with van der Waals surface area (Å²) in [6.07, 6.45) is 7.47. The highest BCUT2D eigenvalue weighted by atomic mass is 32.2. The number of nitrogens with one attached hydrogen (secondary N) is 1. The van der Waals surface area contributed by atoms with Crippen LogP contribution in [-0.2, 0) is 23.2 Å². The molecule has 0 saturated carbocycles. The lowest BCUT2D eigenvalue weighted by molar-refractivity contribution is 0.0651. The molecule has 0 saturated heterocycles. The molecule has 13 heteroatoms. The fraction of sp³-hybridized carbons (Fsp3) is 0.375. The van der Waals surface area contributed by atoms with Crippen LogP contribution in [0.2, 0.25) is 0 Å². The smallest absolute Gasteiger partial charge is 0.336 e. The molecule has 3 rings (SSSR count). The molecule has 0 aliphatic rings. The Bertz CT molecular complexity index is 1350. The Labute approximate surface area is 214 Å². The van der Waals surface area contributed by atoms with E-state index in [2.05, 4.69) is 17.4 Å². The van der Waals surface area contributed by atoms with Gasteiger partial charge in [-0.15, -0.1) is 0 Å². The quantitative estimate of drug-likeness (QED) is 0.200. The Morgan fingerprint density at radius 3 is 2.05 bits per heavy atom. The van der Waals surface area contributed by atoms with Crippen molar-refractivity contribution in [1.29, 1.82) is 5.41 Å². The van der Waals surface area contributed by atoms with Gasteiger partial charge in [0, 0.05) is 6.54 Å². The van der Waals surface area contributed by atoms with Gasteiger partial charge in [0.1, 0.15) is 0 Å². The summed E-state index contributed by atoms with van der Waals surface area (Å²) in [5.74, 6) is -3.10. The van der Waals surface area contributed by atoms with Gasteiger partial charge in [-0.05, 0) is 40.6 Å². The fourth-order valence-corrected chi connectivity index (χ4v) is 3.92. The van der Waals surface area contributed by atoms with E-state index in [-0.39, 0.29) is 0 Å². The second kappa shape index (κ2) is 14.0. The number of aromatic carboxylic acids is 2. The molecular formula is C24H31N5O7S. The molecule has 0 spiro atoms. The van der Waals surface area contributed by atoms with E-state index >= 15 is 0 Å². The maximum Gasteiger partial charge on any atom is 0.336 e. The SMILES string of the molecule is CCCCCCCCn1nnn(Cc2ccccc2)c1=N.O=C(O)c1ccc(S(=O)(=O)O)cc1C(=O)O.